The van der Waals surface area contributed by atoms with E-state index in [0.29, 0.717) is 0 Å². The quantitative estimate of drug-likeness (QED) is 0.746. The van der Waals surface area contributed by atoms with Crippen molar-refractivity contribution in [2.75, 3.05) is 6.61 Å². The minimum atomic E-state index is -0.459. The second-order valence-corrected chi connectivity index (χ2v) is 8.54. The molecule has 0 saturated carbocycles. The second kappa shape index (κ2) is 7.57. The van der Waals surface area contributed by atoms with Crippen molar-refractivity contribution < 1.29 is 4.74 Å². The summed E-state index contributed by atoms with van der Waals surface area (Å²) in [5.41, 5.74) is 2.57. The van der Waals surface area contributed by atoms with Gasteiger partial charge in [-0.05, 0) is 38.3 Å². The van der Waals surface area contributed by atoms with Crippen molar-refractivity contribution in [1.29, 1.82) is 0 Å². The van der Waals surface area contributed by atoms with Crippen LogP contribution in [0, 0.1) is 0 Å². The summed E-state index contributed by atoms with van der Waals surface area (Å²) in [6, 6.07) is 17.5. The van der Waals surface area contributed by atoms with Gasteiger partial charge in [-0.15, -0.1) is 0 Å². The van der Waals surface area contributed by atoms with Gasteiger partial charge in [0, 0.05) is 0 Å². The Balaban J connectivity index is 2.09. The molecule has 2 heteroatoms. The molecule has 1 nitrogen and oxygen atoms in total. The highest BCUT2D eigenvalue weighted by Gasteiger charge is 2.10. The molecule has 0 aliphatic carbocycles. The van der Waals surface area contributed by atoms with Crippen molar-refractivity contribution in [3.8, 4) is 0 Å². The standard InChI is InChI=1S/C20H26OSi/c1-5-16-9-8-11-18(15-16)22-19-12-7-6-10-17(19)13-14-21-20(2,3)4/h5-12,15H,1,13-14,22H2,2-4H3. The van der Waals surface area contributed by atoms with Gasteiger partial charge in [-0.1, -0.05) is 71.6 Å². The van der Waals surface area contributed by atoms with E-state index in [-0.39, 0.29) is 5.60 Å². The molecule has 0 aliphatic heterocycles. The van der Waals surface area contributed by atoms with Crippen molar-refractivity contribution in [2.45, 2.75) is 32.8 Å². The lowest BCUT2D eigenvalue weighted by Gasteiger charge is -2.20. The summed E-state index contributed by atoms with van der Waals surface area (Å²) in [4.78, 5) is 0. The number of ether oxygens (including phenoxy) is 1. The second-order valence-electron chi connectivity index (χ2n) is 6.61. The molecule has 0 unspecified atom stereocenters. The van der Waals surface area contributed by atoms with Crippen molar-refractivity contribution in [3.63, 3.8) is 0 Å². The van der Waals surface area contributed by atoms with E-state index in [9.17, 15) is 0 Å². The van der Waals surface area contributed by atoms with Crippen LogP contribution in [0.3, 0.4) is 0 Å². The molecule has 0 amide bonds. The molecule has 0 atom stereocenters. The lowest BCUT2D eigenvalue weighted by molar-refractivity contribution is -0.000912. The van der Waals surface area contributed by atoms with Crippen LogP contribution in [0.2, 0.25) is 0 Å². The van der Waals surface area contributed by atoms with E-state index >= 15 is 0 Å². The highest BCUT2D eigenvalue weighted by Crippen LogP contribution is 2.08. The van der Waals surface area contributed by atoms with E-state index in [1.165, 1.54) is 21.5 Å². The predicted octanol–water partition coefficient (Wildman–Crippen LogP) is 2.81. The smallest absolute Gasteiger partial charge is 0.0879 e. The molecule has 0 N–H and O–H groups in total. The first-order chi connectivity index (χ1) is 10.5. The molecule has 0 radical (unpaired) electrons. The van der Waals surface area contributed by atoms with Crippen LogP contribution in [-0.4, -0.2) is 21.7 Å². The van der Waals surface area contributed by atoms with Gasteiger partial charge in [-0.2, -0.15) is 0 Å². The molecule has 2 aromatic rings. The van der Waals surface area contributed by atoms with Gasteiger partial charge in [0.25, 0.3) is 0 Å². The molecule has 0 heterocycles. The first-order valence-corrected chi connectivity index (χ1v) is 9.31. The molecule has 2 rings (SSSR count). The van der Waals surface area contributed by atoms with Gasteiger partial charge >= 0.3 is 0 Å². The third-order valence-electron chi connectivity index (χ3n) is 3.61. The van der Waals surface area contributed by atoms with Gasteiger partial charge < -0.3 is 4.74 Å². The number of rotatable bonds is 6. The van der Waals surface area contributed by atoms with E-state index in [4.69, 9.17) is 4.74 Å². The van der Waals surface area contributed by atoms with Crippen molar-refractivity contribution in [3.05, 3.63) is 66.2 Å². The summed E-state index contributed by atoms with van der Waals surface area (Å²) in [5, 5.41) is 2.97. The fourth-order valence-corrected chi connectivity index (χ4v) is 4.30. The molecule has 0 fully saturated rings. The van der Waals surface area contributed by atoms with E-state index in [1.54, 1.807) is 0 Å². The van der Waals surface area contributed by atoms with Gasteiger partial charge in [0.2, 0.25) is 0 Å². The van der Waals surface area contributed by atoms with E-state index < -0.39 is 9.52 Å². The van der Waals surface area contributed by atoms with Crippen LogP contribution in [0.25, 0.3) is 6.08 Å². The Labute approximate surface area is 136 Å². The Morgan fingerprint density at radius 2 is 1.86 bits per heavy atom. The Morgan fingerprint density at radius 3 is 2.59 bits per heavy atom. The van der Waals surface area contributed by atoms with Gasteiger partial charge in [-0.25, -0.2) is 0 Å². The monoisotopic (exact) mass is 310 g/mol. The Bertz CT molecular complexity index is 626. The van der Waals surface area contributed by atoms with Crippen molar-refractivity contribution in [2.24, 2.45) is 0 Å². The molecule has 0 bridgehead atoms. The summed E-state index contributed by atoms with van der Waals surface area (Å²) in [7, 11) is -0.459. The largest absolute Gasteiger partial charge is 0.376 e. The van der Waals surface area contributed by atoms with Gasteiger partial charge in [0.15, 0.2) is 0 Å². The molecule has 0 aliphatic rings. The van der Waals surface area contributed by atoms with Crippen LogP contribution in [0.1, 0.15) is 31.9 Å². The van der Waals surface area contributed by atoms with Gasteiger partial charge in [0.1, 0.15) is 0 Å². The summed E-state index contributed by atoms with van der Waals surface area (Å²) < 4.78 is 5.88. The Morgan fingerprint density at radius 1 is 1.09 bits per heavy atom. The van der Waals surface area contributed by atoms with Crippen molar-refractivity contribution >= 4 is 26.0 Å². The van der Waals surface area contributed by atoms with Crippen LogP contribution in [0.4, 0.5) is 0 Å². The Kier molecular flexibility index (Phi) is 5.75. The summed E-state index contributed by atoms with van der Waals surface area (Å²) in [5.74, 6) is 0. The lowest BCUT2D eigenvalue weighted by Crippen LogP contribution is -2.31. The zero-order chi connectivity index (χ0) is 16.0. The number of hydrogen-bond acceptors (Lipinski definition) is 1. The lowest BCUT2D eigenvalue weighted by atomic mass is 10.1. The van der Waals surface area contributed by atoms with Crippen LogP contribution in [0.5, 0.6) is 0 Å². The summed E-state index contributed by atoms with van der Waals surface area (Å²) in [6.07, 6.45) is 2.91. The first kappa shape index (κ1) is 16.7. The Hall–Kier alpha value is -1.64. The van der Waals surface area contributed by atoms with Crippen LogP contribution in [-0.2, 0) is 11.2 Å². The number of benzene rings is 2. The average molecular weight is 311 g/mol. The SMILES string of the molecule is C=Cc1cccc([SiH2]c2ccccc2CCOC(C)(C)C)c1. The fraction of sp³-hybridized carbons (Fsp3) is 0.300. The summed E-state index contributed by atoms with van der Waals surface area (Å²) >= 11 is 0. The molecular formula is C20H26OSi. The molecule has 0 aromatic heterocycles. The minimum absolute atomic E-state index is 0.0648. The van der Waals surface area contributed by atoms with Gasteiger partial charge in [0.05, 0.1) is 21.7 Å². The molecule has 22 heavy (non-hydrogen) atoms. The first-order valence-electron chi connectivity index (χ1n) is 7.90. The molecule has 2 aromatic carbocycles. The number of hydrogen-bond donors (Lipinski definition) is 0. The summed E-state index contributed by atoms with van der Waals surface area (Å²) in [6.45, 7) is 11.0. The maximum Gasteiger partial charge on any atom is 0.0879 e. The van der Waals surface area contributed by atoms with Crippen LogP contribution >= 0.6 is 0 Å². The average Bonchev–Trinajstić information content (AvgIpc) is 2.48. The highest BCUT2D eigenvalue weighted by molar-refractivity contribution is 6.67. The topological polar surface area (TPSA) is 9.23 Å². The van der Waals surface area contributed by atoms with Crippen LogP contribution < -0.4 is 10.4 Å². The molecular weight excluding hydrogens is 284 g/mol. The van der Waals surface area contributed by atoms with Gasteiger partial charge in [-0.3, -0.25) is 0 Å². The normalized spacial score (nSPS) is 12.0. The van der Waals surface area contributed by atoms with Crippen LogP contribution in [0.15, 0.2) is 55.1 Å². The molecule has 0 spiro atoms. The third-order valence-corrected chi connectivity index (χ3v) is 5.52. The van der Waals surface area contributed by atoms with E-state index in [2.05, 4.69) is 75.9 Å². The minimum Gasteiger partial charge on any atom is -0.376 e. The maximum atomic E-state index is 5.88. The van der Waals surface area contributed by atoms with Crippen molar-refractivity contribution in [1.82, 2.24) is 0 Å². The zero-order valence-corrected chi connectivity index (χ0v) is 15.3. The fourth-order valence-electron chi connectivity index (χ4n) is 2.49. The van der Waals surface area contributed by atoms with E-state index in [1.807, 2.05) is 6.08 Å². The predicted molar refractivity (Wildman–Crippen MR) is 100 cm³/mol. The third kappa shape index (κ3) is 5.28. The maximum absolute atomic E-state index is 5.88. The zero-order valence-electron chi connectivity index (χ0n) is 13.9. The molecule has 116 valence electrons. The molecule has 0 saturated heterocycles. The highest BCUT2D eigenvalue weighted by atomic mass is 28.2. The van der Waals surface area contributed by atoms with E-state index in [0.717, 1.165) is 13.0 Å².